The van der Waals surface area contributed by atoms with Crippen molar-refractivity contribution >= 4 is 11.9 Å². The summed E-state index contributed by atoms with van der Waals surface area (Å²) in [7, 11) is 1.53. The number of methoxy groups -OCH3 is 1. The smallest absolute Gasteiger partial charge is 0.308 e. The van der Waals surface area contributed by atoms with E-state index in [1.807, 2.05) is 18.2 Å². The van der Waals surface area contributed by atoms with E-state index in [1.165, 1.54) is 19.2 Å². The van der Waals surface area contributed by atoms with Gasteiger partial charge in [-0.1, -0.05) is 30.3 Å². The van der Waals surface area contributed by atoms with Crippen LogP contribution >= 0.6 is 0 Å². The Hall–Kier alpha value is -2.89. The summed E-state index contributed by atoms with van der Waals surface area (Å²) in [5, 5.41) is 12.1. The molecule has 2 rings (SSSR count). The molecule has 6 heteroatoms. The molecule has 0 aromatic heterocycles. The van der Waals surface area contributed by atoms with Gasteiger partial charge < -0.3 is 15.2 Å². The summed E-state index contributed by atoms with van der Waals surface area (Å²) in [6, 6.07) is 13.2. The minimum atomic E-state index is -0.977. The summed E-state index contributed by atoms with van der Waals surface area (Å²) in [6.07, 6.45) is 0.945. The Balaban J connectivity index is 1.86. The van der Waals surface area contributed by atoms with Crippen molar-refractivity contribution < 1.29 is 23.8 Å². The number of aryl methyl sites for hydroxylation is 1. The van der Waals surface area contributed by atoms with Crippen molar-refractivity contribution in [3.63, 3.8) is 0 Å². The Morgan fingerprint density at radius 2 is 1.85 bits per heavy atom. The van der Waals surface area contributed by atoms with Crippen LogP contribution in [0, 0.1) is 11.7 Å². The number of carboxylic acids is 1. The third-order valence-corrected chi connectivity index (χ3v) is 4.11. The molecule has 138 valence electrons. The molecule has 0 fully saturated rings. The van der Waals surface area contributed by atoms with Crippen LogP contribution in [0.25, 0.3) is 0 Å². The highest BCUT2D eigenvalue weighted by Crippen LogP contribution is 2.21. The third kappa shape index (κ3) is 5.88. The van der Waals surface area contributed by atoms with Gasteiger partial charge in [0, 0.05) is 13.0 Å². The maximum Gasteiger partial charge on any atom is 0.308 e. The molecule has 2 aromatic carbocycles. The van der Waals surface area contributed by atoms with Gasteiger partial charge >= 0.3 is 5.97 Å². The Morgan fingerprint density at radius 3 is 2.50 bits per heavy atom. The van der Waals surface area contributed by atoms with Crippen molar-refractivity contribution in [3.8, 4) is 5.75 Å². The second kappa shape index (κ2) is 9.56. The molecular weight excluding hydrogens is 337 g/mol. The Kier molecular flexibility index (Phi) is 7.14. The van der Waals surface area contributed by atoms with Gasteiger partial charge in [-0.3, -0.25) is 9.59 Å². The number of halogens is 1. The van der Waals surface area contributed by atoms with Crippen LogP contribution in [0.5, 0.6) is 5.75 Å². The zero-order chi connectivity index (χ0) is 18.9. The molecule has 5 nitrogen and oxygen atoms in total. The number of hydrogen-bond donors (Lipinski definition) is 2. The zero-order valence-corrected chi connectivity index (χ0v) is 14.6. The summed E-state index contributed by atoms with van der Waals surface area (Å²) in [4.78, 5) is 23.5. The number of carbonyl (C=O) groups excluding carboxylic acids is 1. The Bertz CT molecular complexity index is 746. The van der Waals surface area contributed by atoms with Gasteiger partial charge in [0.2, 0.25) is 5.91 Å². The molecular formula is C20H22FNO4. The highest BCUT2D eigenvalue weighted by atomic mass is 19.1. The van der Waals surface area contributed by atoms with Crippen LogP contribution in [0.4, 0.5) is 4.39 Å². The van der Waals surface area contributed by atoms with Gasteiger partial charge in [-0.05, 0) is 42.2 Å². The quantitative estimate of drug-likeness (QED) is 0.722. The maximum atomic E-state index is 12.9. The Morgan fingerprint density at radius 1 is 1.15 bits per heavy atom. The largest absolute Gasteiger partial charge is 0.496 e. The summed E-state index contributed by atoms with van der Waals surface area (Å²) in [5.41, 5.74) is 1.63. The minimum absolute atomic E-state index is 0.0373. The normalized spacial score (nSPS) is 11.6. The van der Waals surface area contributed by atoms with E-state index in [-0.39, 0.29) is 31.1 Å². The molecule has 1 unspecified atom stereocenters. The van der Waals surface area contributed by atoms with Crippen LogP contribution in [0.2, 0.25) is 0 Å². The topological polar surface area (TPSA) is 75.6 Å². The van der Waals surface area contributed by atoms with Crippen molar-refractivity contribution in [1.29, 1.82) is 0 Å². The summed E-state index contributed by atoms with van der Waals surface area (Å²) < 4.78 is 18.1. The number of ether oxygens (including phenoxy) is 1. The maximum absolute atomic E-state index is 12.9. The monoisotopic (exact) mass is 359 g/mol. The first-order chi connectivity index (χ1) is 12.5. The number of aliphatic carboxylic acids is 1. The number of carboxylic acid groups (broad SMARTS) is 1. The van der Waals surface area contributed by atoms with Crippen LogP contribution < -0.4 is 10.1 Å². The predicted octanol–water partition coefficient (Wildman–Crippen LogP) is 2.83. The fraction of sp³-hybridized carbons (Fsp3) is 0.300. The molecule has 0 bridgehead atoms. The summed E-state index contributed by atoms with van der Waals surface area (Å²) >= 11 is 0. The SMILES string of the molecule is COc1ccccc1CC(CNC(=O)CCc1ccc(F)cc1)C(=O)O. The standard InChI is InChI=1S/C20H22FNO4/c1-26-18-5-3-2-4-15(18)12-16(20(24)25)13-22-19(23)11-8-14-6-9-17(21)10-7-14/h2-7,9-10,16H,8,11-13H2,1H3,(H,22,23)(H,24,25). The molecule has 0 spiro atoms. The Labute approximate surface area is 151 Å². The fourth-order valence-corrected chi connectivity index (χ4v) is 2.62. The second-order valence-corrected chi connectivity index (χ2v) is 5.98. The summed E-state index contributed by atoms with van der Waals surface area (Å²) in [5.74, 6) is -1.66. The van der Waals surface area contributed by atoms with E-state index in [1.54, 1.807) is 18.2 Å². The molecule has 0 saturated heterocycles. The number of benzene rings is 2. The minimum Gasteiger partial charge on any atom is -0.496 e. The van der Waals surface area contributed by atoms with E-state index in [0.29, 0.717) is 12.2 Å². The van der Waals surface area contributed by atoms with E-state index in [0.717, 1.165) is 11.1 Å². The molecule has 0 aliphatic carbocycles. The lowest BCUT2D eigenvalue weighted by molar-refractivity contribution is -0.141. The van der Waals surface area contributed by atoms with Gasteiger partial charge in [0.1, 0.15) is 11.6 Å². The molecule has 0 radical (unpaired) electrons. The van der Waals surface area contributed by atoms with Crippen molar-refractivity contribution in [1.82, 2.24) is 5.32 Å². The molecule has 0 heterocycles. The molecule has 1 amide bonds. The van der Waals surface area contributed by atoms with Gasteiger partial charge in [-0.2, -0.15) is 0 Å². The number of rotatable bonds is 9. The van der Waals surface area contributed by atoms with E-state index in [4.69, 9.17) is 4.74 Å². The van der Waals surface area contributed by atoms with Crippen molar-refractivity contribution in [2.45, 2.75) is 19.3 Å². The number of nitrogens with one attached hydrogen (secondary N) is 1. The first kappa shape index (κ1) is 19.4. The van der Waals surface area contributed by atoms with Crippen LogP contribution in [-0.4, -0.2) is 30.6 Å². The van der Waals surface area contributed by atoms with E-state index in [9.17, 15) is 19.1 Å². The van der Waals surface area contributed by atoms with Crippen molar-refractivity contribution in [3.05, 3.63) is 65.5 Å². The second-order valence-electron chi connectivity index (χ2n) is 5.98. The molecule has 0 aliphatic heterocycles. The molecule has 2 N–H and O–H groups in total. The van der Waals surface area contributed by atoms with Gasteiger partial charge in [-0.25, -0.2) is 4.39 Å². The van der Waals surface area contributed by atoms with E-state index >= 15 is 0 Å². The molecule has 26 heavy (non-hydrogen) atoms. The van der Waals surface area contributed by atoms with Crippen molar-refractivity contribution in [2.75, 3.05) is 13.7 Å². The van der Waals surface area contributed by atoms with Gasteiger partial charge in [0.05, 0.1) is 13.0 Å². The van der Waals surface area contributed by atoms with Crippen LogP contribution in [0.15, 0.2) is 48.5 Å². The lowest BCUT2D eigenvalue weighted by Gasteiger charge is -2.15. The third-order valence-electron chi connectivity index (χ3n) is 4.11. The predicted molar refractivity (Wildman–Crippen MR) is 95.6 cm³/mol. The number of carbonyl (C=O) groups is 2. The number of hydrogen-bond acceptors (Lipinski definition) is 3. The van der Waals surface area contributed by atoms with Crippen LogP contribution in [0.1, 0.15) is 17.5 Å². The van der Waals surface area contributed by atoms with Crippen molar-refractivity contribution in [2.24, 2.45) is 5.92 Å². The lowest BCUT2D eigenvalue weighted by Crippen LogP contribution is -2.34. The van der Waals surface area contributed by atoms with Gasteiger partial charge in [0.15, 0.2) is 0 Å². The van der Waals surface area contributed by atoms with Crippen LogP contribution in [0.3, 0.4) is 0 Å². The lowest BCUT2D eigenvalue weighted by atomic mass is 9.98. The van der Waals surface area contributed by atoms with Gasteiger partial charge in [-0.15, -0.1) is 0 Å². The molecule has 2 aromatic rings. The number of para-hydroxylation sites is 1. The molecule has 0 saturated carbocycles. The fourth-order valence-electron chi connectivity index (χ4n) is 2.62. The zero-order valence-electron chi connectivity index (χ0n) is 14.6. The average molecular weight is 359 g/mol. The van der Waals surface area contributed by atoms with E-state index in [2.05, 4.69) is 5.32 Å². The van der Waals surface area contributed by atoms with E-state index < -0.39 is 11.9 Å². The first-order valence-corrected chi connectivity index (χ1v) is 8.35. The highest BCUT2D eigenvalue weighted by Gasteiger charge is 2.20. The van der Waals surface area contributed by atoms with Gasteiger partial charge in [0.25, 0.3) is 0 Å². The molecule has 0 aliphatic rings. The highest BCUT2D eigenvalue weighted by molar-refractivity contribution is 5.77. The summed E-state index contributed by atoms with van der Waals surface area (Å²) in [6.45, 7) is 0.0373. The molecule has 1 atom stereocenters. The van der Waals surface area contributed by atoms with Crippen LogP contribution in [-0.2, 0) is 22.4 Å². The first-order valence-electron chi connectivity index (χ1n) is 8.35. The average Bonchev–Trinajstić information content (AvgIpc) is 2.64. The number of amides is 1.